The number of aromatic nitrogens is 3. The van der Waals surface area contributed by atoms with Crippen molar-refractivity contribution in [3.63, 3.8) is 0 Å². The highest BCUT2D eigenvalue weighted by atomic mass is 32.2. The van der Waals surface area contributed by atoms with Crippen LogP contribution in [0.15, 0.2) is 9.95 Å². The number of H-pyrrole nitrogens is 1. The first-order valence-corrected chi connectivity index (χ1v) is 7.85. The van der Waals surface area contributed by atoms with Crippen LogP contribution in [0.5, 0.6) is 0 Å². The Morgan fingerprint density at radius 3 is 2.89 bits per heavy atom. The first-order chi connectivity index (χ1) is 8.95. The fraction of sp³-hybridized carbons (Fsp3) is 0.846. The molecular formula is C13H24N4OS. The fourth-order valence-corrected chi connectivity index (χ4v) is 4.41. The van der Waals surface area contributed by atoms with Crippen molar-refractivity contribution in [2.45, 2.75) is 56.5 Å². The zero-order valence-electron chi connectivity index (χ0n) is 12.2. The third kappa shape index (κ3) is 3.05. The van der Waals surface area contributed by atoms with Gasteiger partial charge in [0.05, 0.1) is 0 Å². The predicted molar refractivity (Wildman–Crippen MR) is 78.6 cm³/mol. The molecule has 0 amide bonds. The first-order valence-electron chi connectivity index (χ1n) is 6.97. The van der Waals surface area contributed by atoms with Crippen molar-refractivity contribution in [3.8, 4) is 0 Å². The highest BCUT2D eigenvalue weighted by Gasteiger charge is 2.39. The van der Waals surface area contributed by atoms with Crippen molar-refractivity contribution in [2.24, 2.45) is 12.5 Å². The number of nitrogens with zero attached hydrogens (tertiary/aromatic N) is 2. The molecule has 2 atom stereocenters. The minimum atomic E-state index is -0.141. The average molecular weight is 284 g/mol. The molecule has 2 rings (SSSR count). The van der Waals surface area contributed by atoms with E-state index in [0.29, 0.717) is 16.7 Å². The molecule has 0 aliphatic heterocycles. The third-order valence-corrected chi connectivity index (χ3v) is 5.43. The van der Waals surface area contributed by atoms with Gasteiger partial charge in [0.25, 0.3) is 0 Å². The van der Waals surface area contributed by atoms with E-state index in [9.17, 15) is 4.79 Å². The molecule has 2 unspecified atom stereocenters. The summed E-state index contributed by atoms with van der Waals surface area (Å²) in [5.74, 6) is 0. The van der Waals surface area contributed by atoms with Gasteiger partial charge < -0.3 is 5.32 Å². The molecule has 0 radical (unpaired) electrons. The molecule has 1 heterocycles. The summed E-state index contributed by atoms with van der Waals surface area (Å²) in [6.45, 7) is 7.79. The quantitative estimate of drug-likeness (QED) is 0.884. The van der Waals surface area contributed by atoms with Gasteiger partial charge in [-0.3, -0.25) is 4.57 Å². The van der Waals surface area contributed by atoms with Crippen LogP contribution in [0.3, 0.4) is 0 Å². The molecule has 1 aliphatic rings. The maximum Gasteiger partial charge on any atom is 0.343 e. The van der Waals surface area contributed by atoms with Gasteiger partial charge in [-0.25, -0.2) is 9.89 Å². The van der Waals surface area contributed by atoms with E-state index in [-0.39, 0.29) is 5.69 Å². The summed E-state index contributed by atoms with van der Waals surface area (Å²) in [7, 11) is 1.77. The Bertz CT molecular complexity index is 479. The largest absolute Gasteiger partial charge is 0.343 e. The molecule has 0 aromatic carbocycles. The van der Waals surface area contributed by atoms with E-state index < -0.39 is 0 Å². The van der Waals surface area contributed by atoms with E-state index in [0.717, 1.165) is 11.7 Å². The van der Waals surface area contributed by atoms with Gasteiger partial charge >= 0.3 is 5.69 Å². The maximum absolute atomic E-state index is 11.4. The molecule has 0 spiro atoms. The van der Waals surface area contributed by atoms with Crippen LogP contribution in [0.4, 0.5) is 0 Å². The smallest absolute Gasteiger partial charge is 0.313 e. The zero-order valence-corrected chi connectivity index (χ0v) is 13.0. The lowest BCUT2D eigenvalue weighted by molar-refractivity contribution is 0.176. The number of nitrogens with one attached hydrogen (secondary N) is 2. The fourth-order valence-electron chi connectivity index (χ4n) is 2.91. The third-order valence-electron chi connectivity index (χ3n) is 4.04. The number of hydrogen-bond acceptors (Lipinski definition) is 4. The van der Waals surface area contributed by atoms with Crippen molar-refractivity contribution in [2.75, 3.05) is 6.54 Å². The standard InChI is InChI=1S/C13H24N4OS/c1-5-14-10-9(7-6-8-13(10,2)3)19-12-16-15-11(18)17(12)4/h9-10,14H,5-8H2,1-4H3,(H,15,18). The van der Waals surface area contributed by atoms with Crippen LogP contribution in [0.2, 0.25) is 0 Å². The van der Waals surface area contributed by atoms with Crippen LogP contribution < -0.4 is 11.0 Å². The van der Waals surface area contributed by atoms with Crippen LogP contribution in [-0.4, -0.2) is 32.6 Å². The molecule has 5 nitrogen and oxygen atoms in total. The van der Waals surface area contributed by atoms with Crippen LogP contribution in [0.25, 0.3) is 0 Å². The molecule has 2 N–H and O–H groups in total. The van der Waals surface area contributed by atoms with Gasteiger partial charge in [-0.05, 0) is 24.8 Å². The van der Waals surface area contributed by atoms with Crippen molar-refractivity contribution in [1.29, 1.82) is 0 Å². The summed E-state index contributed by atoms with van der Waals surface area (Å²) < 4.78 is 1.59. The molecule has 108 valence electrons. The second-order valence-corrected chi connectivity index (χ2v) is 7.15. The molecule has 0 saturated heterocycles. The summed E-state index contributed by atoms with van der Waals surface area (Å²) in [4.78, 5) is 11.4. The number of thioether (sulfide) groups is 1. The lowest BCUT2D eigenvalue weighted by atomic mass is 9.73. The molecule has 1 aromatic heterocycles. The SMILES string of the molecule is CCNC1C(Sc2n[nH]c(=O)n2C)CCCC1(C)C. The van der Waals surface area contributed by atoms with Gasteiger partial charge in [-0.2, -0.15) is 0 Å². The summed E-state index contributed by atoms with van der Waals surface area (Å²) in [6, 6.07) is 0.461. The van der Waals surface area contributed by atoms with Gasteiger partial charge in [0.15, 0.2) is 5.16 Å². The molecule has 1 saturated carbocycles. The lowest BCUT2D eigenvalue weighted by Gasteiger charge is -2.44. The average Bonchev–Trinajstić information content (AvgIpc) is 2.65. The molecule has 19 heavy (non-hydrogen) atoms. The van der Waals surface area contributed by atoms with E-state index in [1.54, 1.807) is 23.4 Å². The van der Waals surface area contributed by atoms with Gasteiger partial charge in [0.2, 0.25) is 0 Å². The van der Waals surface area contributed by atoms with E-state index in [1.165, 1.54) is 19.3 Å². The van der Waals surface area contributed by atoms with Crippen molar-refractivity contribution in [1.82, 2.24) is 20.1 Å². The second-order valence-electron chi connectivity index (χ2n) is 5.94. The molecule has 6 heteroatoms. The lowest BCUT2D eigenvalue weighted by Crippen LogP contribution is -2.51. The normalized spacial score (nSPS) is 26.5. The Morgan fingerprint density at radius 2 is 2.32 bits per heavy atom. The molecule has 1 aromatic rings. The second kappa shape index (κ2) is 5.71. The zero-order chi connectivity index (χ0) is 14.0. The maximum atomic E-state index is 11.4. The van der Waals surface area contributed by atoms with Crippen LogP contribution in [0, 0.1) is 5.41 Å². The van der Waals surface area contributed by atoms with Crippen LogP contribution in [-0.2, 0) is 7.05 Å². The summed E-state index contributed by atoms with van der Waals surface area (Å²) >= 11 is 1.72. The Labute approximate surface area is 118 Å². The molecular weight excluding hydrogens is 260 g/mol. The van der Waals surface area contributed by atoms with Crippen LogP contribution in [0.1, 0.15) is 40.0 Å². The number of rotatable bonds is 4. The van der Waals surface area contributed by atoms with Crippen molar-refractivity contribution < 1.29 is 0 Å². The highest BCUT2D eigenvalue weighted by Crippen LogP contribution is 2.42. The monoisotopic (exact) mass is 284 g/mol. The van der Waals surface area contributed by atoms with Gasteiger partial charge in [-0.1, -0.05) is 39.0 Å². The summed E-state index contributed by atoms with van der Waals surface area (Å²) in [6.07, 6.45) is 3.67. The van der Waals surface area contributed by atoms with E-state index in [1.807, 2.05) is 0 Å². The Balaban J connectivity index is 2.17. The first kappa shape index (κ1) is 14.7. The topological polar surface area (TPSA) is 62.7 Å². The predicted octanol–water partition coefficient (Wildman–Crippen LogP) is 1.76. The number of aromatic amines is 1. The van der Waals surface area contributed by atoms with Crippen molar-refractivity contribution >= 4 is 11.8 Å². The summed E-state index contributed by atoms with van der Waals surface area (Å²) in [5.41, 5.74) is 0.152. The number of hydrogen-bond donors (Lipinski definition) is 2. The van der Waals surface area contributed by atoms with Gasteiger partial charge in [0, 0.05) is 18.3 Å². The Hall–Kier alpha value is -0.750. The van der Waals surface area contributed by atoms with Gasteiger partial charge in [-0.15, -0.1) is 5.10 Å². The Kier molecular flexibility index (Phi) is 4.40. The minimum Gasteiger partial charge on any atom is -0.313 e. The Morgan fingerprint density at radius 1 is 1.58 bits per heavy atom. The van der Waals surface area contributed by atoms with Crippen LogP contribution >= 0.6 is 11.8 Å². The molecule has 1 fully saturated rings. The van der Waals surface area contributed by atoms with E-state index >= 15 is 0 Å². The molecule has 0 bridgehead atoms. The van der Waals surface area contributed by atoms with E-state index in [4.69, 9.17) is 0 Å². The van der Waals surface area contributed by atoms with E-state index in [2.05, 4.69) is 36.3 Å². The summed E-state index contributed by atoms with van der Waals surface area (Å²) in [5, 5.41) is 11.5. The molecule has 1 aliphatic carbocycles. The highest BCUT2D eigenvalue weighted by molar-refractivity contribution is 7.99. The van der Waals surface area contributed by atoms with Crippen molar-refractivity contribution in [3.05, 3.63) is 10.5 Å². The minimum absolute atomic E-state index is 0.141. The van der Waals surface area contributed by atoms with Gasteiger partial charge in [0.1, 0.15) is 0 Å².